The Hall–Kier alpha value is -1.17. The van der Waals surface area contributed by atoms with Gasteiger partial charge in [-0.1, -0.05) is 11.6 Å². The average Bonchev–Trinajstić information content (AvgIpc) is 2.40. The molecule has 0 unspecified atom stereocenters. The summed E-state index contributed by atoms with van der Waals surface area (Å²) in [5, 5.41) is 0.667. The van der Waals surface area contributed by atoms with Crippen molar-refractivity contribution in [2.45, 2.75) is 0 Å². The summed E-state index contributed by atoms with van der Waals surface area (Å²) >= 11 is 11.7. The minimum absolute atomic E-state index is 0.0528. The molecular weight excluding hydrogens is 292 g/mol. The van der Waals surface area contributed by atoms with Crippen LogP contribution in [0.15, 0.2) is 12.1 Å². The van der Waals surface area contributed by atoms with Crippen molar-refractivity contribution in [3.8, 4) is 0 Å². The largest absolute Gasteiger partial charge is 0.378 e. The minimum atomic E-state index is -0.345. The lowest BCUT2D eigenvalue weighted by Gasteiger charge is -2.29. The van der Waals surface area contributed by atoms with Crippen molar-refractivity contribution in [1.82, 2.24) is 9.97 Å². The highest BCUT2D eigenvalue weighted by Crippen LogP contribution is 2.29. The van der Waals surface area contributed by atoms with E-state index in [0.29, 0.717) is 42.9 Å². The van der Waals surface area contributed by atoms with E-state index < -0.39 is 0 Å². The number of morpholine rings is 1. The van der Waals surface area contributed by atoms with E-state index in [2.05, 4.69) is 9.97 Å². The number of hydrogen-bond donors (Lipinski definition) is 0. The number of aromatic nitrogens is 2. The molecule has 1 saturated heterocycles. The zero-order valence-electron chi connectivity index (χ0n) is 9.87. The number of hydrogen-bond acceptors (Lipinski definition) is 4. The maximum atomic E-state index is 14.2. The SMILES string of the molecule is Fc1cc2c(Cl)nc(Cl)nc2cc1N1CCOCC1. The quantitative estimate of drug-likeness (QED) is 0.600. The Morgan fingerprint density at radius 1 is 1.16 bits per heavy atom. The summed E-state index contributed by atoms with van der Waals surface area (Å²) in [4.78, 5) is 9.80. The molecule has 0 amide bonds. The van der Waals surface area contributed by atoms with Crippen LogP contribution in [0.2, 0.25) is 10.4 Å². The standard InChI is InChI=1S/C12H10Cl2FN3O/c13-11-7-5-8(15)10(18-1-3-19-4-2-18)6-9(7)16-12(14)17-11/h5-6H,1-4H2. The Morgan fingerprint density at radius 2 is 1.89 bits per heavy atom. The molecule has 4 nitrogen and oxygen atoms in total. The van der Waals surface area contributed by atoms with Gasteiger partial charge in [0.1, 0.15) is 11.0 Å². The van der Waals surface area contributed by atoms with Crippen LogP contribution in [-0.2, 0) is 4.74 Å². The molecule has 1 aliphatic rings. The molecule has 1 fully saturated rings. The number of ether oxygens (including phenoxy) is 1. The van der Waals surface area contributed by atoms with Crippen LogP contribution < -0.4 is 4.90 Å². The predicted octanol–water partition coefficient (Wildman–Crippen LogP) is 2.91. The van der Waals surface area contributed by atoms with Crippen molar-refractivity contribution in [3.05, 3.63) is 28.4 Å². The molecule has 7 heteroatoms. The summed E-state index contributed by atoms with van der Waals surface area (Å²) in [7, 11) is 0. The van der Waals surface area contributed by atoms with E-state index in [1.54, 1.807) is 6.07 Å². The topological polar surface area (TPSA) is 38.2 Å². The zero-order chi connectivity index (χ0) is 13.4. The van der Waals surface area contributed by atoms with Gasteiger partial charge in [0, 0.05) is 18.5 Å². The highest BCUT2D eigenvalue weighted by molar-refractivity contribution is 6.35. The van der Waals surface area contributed by atoms with Crippen LogP contribution in [0.5, 0.6) is 0 Å². The molecule has 1 aromatic heterocycles. The van der Waals surface area contributed by atoms with Gasteiger partial charge in [0.2, 0.25) is 5.28 Å². The Balaban J connectivity index is 2.12. The second-order valence-electron chi connectivity index (χ2n) is 4.20. The second kappa shape index (κ2) is 5.07. The molecule has 100 valence electrons. The van der Waals surface area contributed by atoms with Gasteiger partial charge in [0.05, 0.1) is 24.4 Å². The fourth-order valence-corrected chi connectivity index (χ4v) is 2.57. The van der Waals surface area contributed by atoms with Crippen LogP contribution in [0, 0.1) is 5.82 Å². The molecule has 19 heavy (non-hydrogen) atoms. The van der Waals surface area contributed by atoms with Crippen molar-refractivity contribution < 1.29 is 9.13 Å². The van der Waals surface area contributed by atoms with Gasteiger partial charge >= 0.3 is 0 Å². The van der Waals surface area contributed by atoms with Gasteiger partial charge in [-0.25, -0.2) is 14.4 Å². The summed E-state index contributed by atoms with van der Waals surface area (Å²) in [5.41, 5.74) is 1.02. The van der Waals surface area contributed by atoms with Crippen LogP contribution in [0.3, 0.4) is 0 Å². The van der Waals surface area contributed by atoms with Crippen LogP contribution in [0.1, 0.15) is 0 Å². The maximum Gasteiger partial charge on any atom is 0.224 e. The molecule has 1 aliphatic heterocycles. The van der Waals surface area contributed by atoms with Gasteiger partial charge in [0.15, 0.2) is 0 Å². The predicted molar refractivity (Wildman–Crippen MR) is 72.5 cm³/mol. The molecular formula is C12H10Cl2FN3O. The maximum absolute atomic E-state index is 14.2. The number of benzene rings is 1. The van der Waals surface area contributed by atoms with E-state index in [4.69, 9.17) is 27.9 Å². The Morgan fingerprint density at radius 3 is 2.63 bits per heavy atom. The third kappa shape index (κ3) is 2.45. The van der Waals surface area contributed by atoms with E-state index in [0.717, 1.165) is 0 Å². The fourth-order valence-electron chi connectivity index (χ4n) is 2.12. The molecule has 1 aromatic carbocycles. The molecule has 0 spiro atoms. The second-order valence-corrected chi connectivity index (χ2v) is 4.90. The number of anilines is 1. The van der Waals surface area contributed by atoms with Gasteiger partial charge < -0.3 is 9.64 Å². The molecule has 2 aromatic rings. The lowest BCUT2D eigenvalue weighted by atomic mass is 10.2. The van der Waals surface area contributed by atoms with Gasteiger partial charge in [0.25, 0.3) is 0 Å². The van der Waals surface area contributed by atoms with Crippen molar-refractivity contribution >= 4 is 39.8 Å². The molecule has 0 atom stereocenters. The highest BCUT2D eigenvalue weighted by Gasteiger charge is 2.17. The Labute approximate surface area is 119 Å². The number of fused-ring (bicyclic) bond motifs is 1. The molecule has 0 bridgehead atoms. The summed E-state index contributed by atoms with van der Waals surface area (Å²) in [6.07, 6.45) is 0. The summed E-state index contributed by atoms with van der Waals surface area (Å²) in [6.45, 7) is 2.47. The summed E-state index contributed by atoms with van der Waals surface area (Å²) < 4.78 is 19.4. The first-order valence-corrected chi connectivity index (χ1v) is 6.56. The highest BCUT2D eigenvalue weighted by atomic mass is 35.5. The molecule has 0 saturated carbocycles. The van der Waals surface area contributed by atoms with Crippen molar-refractivity contribution in [2.24, 2.45) is 0 Å². The molecule has 0 N–H and O–H groups in total. The number of rotatable bonds is 1. The third-order valence-electron chi connectivity index (χ3n) is 3.04. The van der Waals surface area contributed by atoms with Gasteiger partial charge in [-0.2, -0.15) is 0 Å². The van der Waals surface area contributed by atoms with Gasteiger partial charge in [-0.05, 0) is 23.7 Å². The number of nitrogens with zero attached hydrogens (tertiary/aromatic N) is 3. The van der Waals surface area contributed by atoms with Crippen molar-refractivity contribution in [2.75, 3.05) is 31.2 Å². The zero-order valence-corrected chi connectivity index (χ0v) is 11.4. The molecule has 0 aliphatic carbocycles. The van der Waals surface area contributed by atoms with E-state index in [9.17, 15) is 4.39 Å². The lowest BCUT2D eigenvalue weighted by Crippen LogP contribution is -2.36. The minimum Gasteiger partial charge on any atom is -0.378 e. The van der Waals surface area contributed by atoms with E-state index in [1.165, 1.54) is 6.07 Å². The van der Waals surface area contributed by atoms with Crippen LogP contribution >= 0.6 is 23.2 Å². The smallest absolute Gasteiger partial charge is 0.224 e. The molecule has 0 radical (unpaired) electrons. The van der Waals surface area contributed by atoms with Crippen molar-refractivity contribution in [3.63, 3.8) is 0 Å². The molecule has 3 rings (SSSR count). The molecule has 2 heterocycles. The first kappa shape index (κ1) is 12.8. The van der Waals surface area contributed by atoms with E-state index >= 15 is 0 Å². The fraction of sp³-hybridized carbons (Fsp3) is 0.333. The normalized spacial score (nSPS) is 16.1. The first-order chi connectivity index (χ1) is 9.15. The van der Waals surface area contributed by atoms with Gasteiger partial charge in [-0.15, -0.1) is 0 Å². The average molecular weight is 302 g/mol. The first-order valence-electron chi connectivity index (χ1n) is 5.80. The van der Waals surface area contributed by atoms with Crippen molar-refractivity contribution in [1.29, 1.82) is 0 Å². The van der Waals surface area contributed by atoms with Gasteiger partial charge in [-0.3, -0.25) is 0 Å². The Kier molecular flexibility index (Phi) is 3.43. The van der Waals surface area contributed by atoms with E-state index in [1.807, 2.05) is 4.90 Å². The third-order valence-corrected chi connectivity index (χ3v) is 3.50. The Bertz CT molecular complexity index is 632. The van der Waals surface area contributed by atoms with Crippen LogP contribution in [0.25, 0.3) is 10.9 Å². The summed E-state index contributed by atoms with van der Waals surface area (Å²) in [6, 6.07) is 2.99. The lowest BCUT2D eigenvalue weighted by molar-refractivity contribution is 0.122. The van der Waals surface area contributed by atoms with E-state index in [-0.39, 0.29) is 16.3 Å². The summed E-state index contributed by atoms with van der Waals surface area (Å²) in [5.74, 6) is -0.345. The monoisotopic (exact) mass is 301 g/mol. The van der Waals surface area contributed by atoms with Crippen LogP contribution in [-0.4, -0.2) is 36.3 Å². The van der Waals surface area contributed by atoms with Crippen LogP contribution in [0.4, 0.5) is 10.1 Å². The number of halogens is 3.